The molecule has 1 unspecified atom stereocenters. The van der Waals surface area contributed by atoms with Crippen molar-refractivity contribution in [1.29, 1.82) is 0 Å². The highest BCUT2D eigenvalue weighted by Gasteiger charge is 2.45. The molecule has 36 heavy (non-hydrogen) atoms. The summed E-state index contributed by atoms with van der Waals surface area (Å²) in [5, 5.41) is 0.587. The number of carbonyl (C=O) groups is 2. The SMILES string of the molecule is C=CCOc1cccc(C2c3c(oc4ccc(Br)cc4c3=O)C(=O)N2c2nc(C)c(C(=O)OC)s2)c1. The average molecular weight is 567 g/mol. The van der Waals surface area contributed by atoms with Crippen molar-refractivity contribution in [3.8, 4) is 5.75 Å². The fourth-order valence-electron chi connectivity index (χ4n) is 4.15. The number of esters is 1. The van der Waals surface area contributed by atoms with Crippen molar-refractivity contribution in [2.75, 3.05) is 18.6 Å². The summed E-state index contributed by atoms with van der Waals surface area (Å²) in [7, 11) is 1.28. The lowest BCUT2D eigenvalue weighted by Gasteiger charge is -2.23. The summed E-state index contributed by atoms with van der Waals surface area (Å²) in [4.78, 5) is 45.9. The minimum atomic E-state index is -0.851. The van der Waals surface area contributed by atoms with Gasteiger partial charge < -0.3 is 13.9 Å². The molecule has 0 spiro atoms. The van der Waals surface area contributed by atoms with Gasteiger partial charge >= 0.3 is 5.97 Å². The van der Waals surface area contributed by atoms with E-state index in [1.807, 2.05) is 0 Å². The average Bonchev–Trinajstić information content (AvgIpc) is 3.40. The van der Waals surface area contributed by atoms with E-state index in [-0.39, 0.29) is 26.8 Å². The lowest BCUT2D eigenvalue weighted by atomic mass is 9.98. The number of halogens is 1. The number of thiazole rings is 1. The van der Waals surface area contributed by atoms with E-state index in [4.69, 9.17) is 13.9 Å². The topological polar surface area (TPSA) is 98.9 Å². The van der Waals surface area contributed by atoms with Gasteiger partial charge in [-0.1, -0.05) is 52.1 Å². The number of fused-ring (bicyclic) bond motifs is 2. The molecule has 0 fully saturated rings. The Morgan fingerprint density at radius 2 is 2.08 bits per heavy atom. The highest BCUT2D eigenvalue weighted by molar-refractivity contribution is 9.10. The number of nitrogens with zero attached hydrogens (tertiary/aromatic N) is 2. The van der Waals surface area contributed by atoms with Gasteiger partial charge in [0.2, 0.25) is 5.76 Å². The van der Waals surface area contributed by atoms with Crippen molar-refractivity contribution in [2.24, 2.45) is 0 Å². The zero-order valence-corrected chi connectivity index (χ0v) is 21.6. The lowest BCUT2D eigenvalue weighted by molar-refractivity contribution is 0.0605. The lowest BCUT2D eigenvalue weighted by Crippen LogP contribution is -2.29. The highest BCUT2D eigenvalue weighted by atomic mass is 79.9. The third kappa shape index (κ3) is 3.92. The van der Waals surface area contributed by atoms with Crippen molar-refractivity contribution >= 4 is 55.2 Å². The molecule has 1 atom stereocenters. The van der Waals surface area contributed by atoms with Gasteiger partial charge in [-0.25, -0.2) is 9.78 Å². The Hall–Kier alpha value is -3.76. The number of hydrogen-bond donors (Lipinski definition) is 0. The Labute approximate surface area is 217 Å². The van der Waals surface area contributed by atoms with Crippen LogP contribution >= 0.6 is 27.3 Å². The number of benzene rings is 2. The summed E-state index contributed by atoms with van der Waals surface area (Å²) in [5.41, 5.74) is 1.20. The van der Waals surface area contributed by atoms with Crippen LogP contribution in [-0.4, -0.2) is 30.6 Å². The number of carbonyl (C=O) groups excluding carboxylic acids is 2. The molecule has 0 saturated heterocycles. The van der Waals surface area contributed by atoms with Gasteiger partial charge in [0.15, 0.2) is 10.6 Å². The number of ether oxygens (including phenoxy) is 2. The van der Waals surface area contributed by atoms with Gasteiger partial charge in [-0.3, -0.25) is 14.5 Å². The maximum atomic E-state index is 13.8. The minimum Gasteiger partial charge on any atom is -0.490 e. The van der Waals surface area contributed by atoms with E-state index in [2.05, 4.69) is 27.5 Å². The highest BCUT2D eigenvalue weighted by Crippen LogP contribution is 2.43. The van der Waals surface area contributed by atoms with Crippen molar-refractivity contribution in [1.82, 2.24) is 4.98 Å². The number of rotatable bonds is 6. The second-order valence-corrected chi connectivity index (χ2v) is 9.86. The van der Waals surface area contributed by atoms with E-state index in [0.29, 0.717) is 39.1 Å². The smallest absolute Gasteiger partial charge is 0.350 e. The fourth-order valence-corrected chi connectivity index (χ4v) is 5.53. The number of hydrogen-bond acceptors (Lipinski definition) is 8. The van der Waals surface area contributed by atoms with Crippen LogP contribution in [-0.2, 0) is 4.74 Å². The number of anilines is 1. The number of amides is 1. The molecule has 0 aliphatic carbocycles. The molecule has 5 rings (SSSR count). The number of methoxy groups -OCH3 is 1. The van der Waals surface area contributed by atoms with E-state index in [0.717, 1.165) is 11.3 Å². The van der Waals surface area contributed by atoms with Crippen LogP contribution in [0.1, 0.15) is 43.1 Å². The van der Waals surface area contributed by atoms with Gasteiger partial charge in [0.25, 0.3) is 5.91 Å². The first-order chi connectivity index (χ1) is 17.3. The zero-order chi connectivity index (χ0) is 25.6. The summed E-state index contributed by atoms with van der Waals surface area (Å²) in [6, 6.07) is 11.3. The van der Waals surface area contributed by atoms with Gasteiger partial charge in [-0.05, 0) is 42.8 Å². The molecule has 2 aromatic carbocycles. The Morgan fingerprint density at radius 1 is 1.28 bits per heavy atom. The predicted octanol–water partition coefficient (Wildman–Crippen LogP) is 5.42. The third-order valence-corrected chi connectivity index (χ3v) is 7.37. The summed E-state index contributed by atoms with van der Waals surface area (Å²) in [5.74, 6) is -0.600. The van der Waals surface area contributed by atoms with Crippen LogP contribution in [0.15, 0.2) is 68.8 Å². The van der Waals surface area contributed by atoms with Crippen LogP contribution in [0.25, 0.3) is 11.0 Å². The monoisotopic (exact) mass is 566 g/mol. The molecule has 0 radical (unpaired) electrons. The summed E-state index contributed by atoms with van der Waals surface area (Å²) in [6.45, 7) is 5.62. The van der Waals surface area contributed by atoms with Crippen molar-refractivity contribution < 1.29 is 23.5 Å². The molecular weight excluding hydrogens is 548 g/mol. The van der Waals surface area contributed by atoms with Crippen LogP contribution in [0.3, 0.4) is 0 Å². The first-order valence-electron chi connectivity index (χ1n) is 10.8. The molecule has 4 aromatic rings. The third-order valence-electron chi connectivity index (χ3n) is 5.74. The van der Waals surface area contributed by atoms with Crippen LogP contribution in [0.4, 0.5) is 5.13 Å². The van der Waals surface area contributed by atoms with E-state index in [1.165, 1.54) is 12.0 Å². The van der Waals surface area contributed by atoms with Gasteiger partial charge in [0.1, 0.15) is 22.8 Å². The largest absolute Gasteiger partial charge is 0.490 e. The maximum Gasteiger partial charge on any atom is 0.350 e. The second kappa shape index (κ2) is 9.36. The molecule has 2 aromatic heterocycles. The summed E-state index contributed by atoms with van der Waals surface area (Å²) >= 11 is 4.41. The molecule has 3 heterocycles. The Bertz CT molecular complexity index is 1610. The van der Waals surface area contributed by atoms with Crippen LogP contribution in [0.2, 0.25) is 0 Å². The molecular formula is C26H19BrN2O6S. The van der Waals surface area contributed by atoms with Gasteiger partial charge in [-0.15, -0.1) is 0 Å². The van der Waals surface area contributed by atoms with Crippen molar-refractivity contribution in [3.05, 3.63) is 97.3 Å². The van der Waals surface area contributed by atoms with E-state index in [9.17, 15) is 14.4 Å². The van der Waals surface area contributed by atoms with Gasteiger partial charge in [0.05, 0.1) is 29.8 Å². The van der Waals surface area contributed by atoms with Crippen LogP contribution in [0, 0.1) is 6.92 Å². The molecule has 0 saturated carbocycles. The van der Waals surface area contributed by atoms with Crippen LogP contribution < -0.4 is 15.1 Å². The second-order valence-electron chi connectivity index (χ2n) is 7.97. The minimum absolute atomic E-state index is 0.0651. The Morgan fingerprint density at radius 3 is 2.83 bits per heavy atom. The molecule has 0 N–H and O–H groups in total. The summed E-state index contributed by atoms with van der Waals surface area (Å²) < 4.78 is 17.2. The van der Waals surface area contributed by atoms with Crippen molar-refractivity contribution in [2.45, 2.75) is 13.0 Å². The molecule has 8 nitrogen and oxygen atoms in total. The summed E-state index contributed by atoms with van der Waals surface area (Å²) in [6.07, 6.45) is 1.62. The van der Waals surface area contributed by atoms with Gasteiger partial charge in [0, 0.05) is 4.47 Å². The molecule has 1 aliphatic rings. The Balaban J connectivity index is 1.76. The molecule has 1 amide bonds. The molecule has 1 aliphatic heterocycles. The van der Waals surface area contributed by atoms with E-state index in [1.54, 1.807) is 55.5 Å². The maximum absolute atomic E-state index is 13.8. The quantitative estimate of drug-likeness (QED) is 0.227. The van der Waals surface area contributed by atoms with E-state index >= 15 is 0 Å². The molecule has 10 heteroatoms. The fraction of sp³-hybridized carbons (Fsp3) is 0.154. The predicted molar refractivity (Wildman–Crippen MR) is 139 cm³/mol. The normalized spacial score (nSPS) is 14.7. The molecule has 182 valence electrons. The van der Waals surface area contributed by atoms with Crippen molar-refractivity contribution in [3.63, 3.8) is 0 Å². The number of aromatic nitrogens is 1. The number of aryl methyl sites for hydroxylation is 1. The van der Waals surface area contributed by atoms with E-state index < -0.39 is 17.9 Å². The first-order valence-corrected chi connectivity index (χ1v) is 12.4. The van der Waals surface area contributed by atoms with Crippen LogP contribution in [0.5, 0.6) is 5.75 Å². The zero-order valence-electron chi connectivity index (χ0n) is 19.2. The first kappa shape index (κ1) is 24.0. The molecule has 0 bridgehead atoms. The Kier molecular flexibility index (Phi) is 6.23. The van der Waals surface area contributed by atoms with Gasteiger partial charge in [-0.2, -0.15) is 0 Å². The standard InChI is InChI=1S/C26H19BrN2O6S/c1-4-10-34-16-7-5-6-14(11-16)20-19-21(30)17-12-15(27)8-9-18(17)35-22(19)24(31)29(20)26-28-13(2)23(36-26)25(32)33-3/h4-9,11-12,20H,1,10H2,2-3H3.